The number of pyridine rings is 1. The van der Waals surface area contributed by atoms with Crippen LogP contribution in [0.1, 0.15) is 23.7 Å². The number of alkyl halides is 6. The predicted molar refractivity (Wildman–Crippen MR) is 99.6 cm³/mol. The van der Waals surface area contributed by atoms with Gasteiger partial charge in [0.15, 0.2) is 0 Å². The molecule has 1 heterocycles. The predicted octanol–water partition coefficient (Wildman–Crippen LogP) is 6.36. The van der Waals surface area contributed by atoms with Crippen LogP contribution in [0.2, 0.25) is 0 Å². The Morgan fingerprint density at radius 3 is 2.10 bits per heavy atom. The first kappa shape index (κ1) is 22.4. The fourth-order valence-electron chi connectivity index (χ4n) is 3.08. The normalized spacial score (nSPS) is 12.2. The lowest BCUT2D eigenvalue weighted by Crippen LogP contribution is -2.17. The second-order valence-corrected chi connectivity index (χ2v) is 6.73. The Labute approximate surface area is 172 Å². The number of esters is 1. The fourth-order valence-corrected chi connectivity index (χ4v) is 3.08. The van der Waals surface area contributed by atoms with Crippen molar-refractivity contribution >= 4 is 16.9 Å². The summed E-state index contributed by atoms with van der Waals surface area (Å²) in [4.78, 5) is 15.7. The van der Waals surface area contributed by atoms with Gasteiger partial charge in [0.1, 0.15) is 11.5 Å². The first-order valence-corrected chi connectivity index (χ1v) is 8.83. The van der Waals surface area contributed by atoms with Crippen molar-refractivity contribution in [3.05, 3.63) is 53.2 Å². The van der Waals surface area contributed by atoms with Gasteiger partial charge in [-0.25, -0.2) is 0 Å². The van der Waals surface area contributed by atoms with E-state index in [1.165, 1.54) is 0 Å². The van der Waals surface area contributed by atoms with E-state index in [-0.39, 0.29) is 27.8 Å². The number of halogens is 6. The molecule has 0 bridgehead atoms. The standard InChI is InChI=1S/C21H15F6NO3/c1-10-11(2)28-18-9-17(20(22,23)24)15(8-16(18)19(10)30-12(3)29)13-4-6-14(7-5-13)31-21(25,26)27/h4-9H,1-3H3. The number of ether oxygens (including phenoxy) is 2. The van der Waals surface area contributed by atoms with Crippen LogP contribution in [0.4, 0.5) is 26.3 Å². The second kappa shape index (κ2) is 7.75. The Morgan fingerprint density at radius 2 is 1.58 bits per heavy atom. The van der Waals surface area contributed by atoms with E-state index in [2.05, 4.69) is 9.72 Å². The van der Waals surface area contributed by atoms with Crippen molar-refractivity contribution < 1.29 is 40.6 Å². The molecule has 3 aromatic rings. The molecule has 0 saturated heterocycles. The number of aryl methyl sites for hydroxylation is 1. The zero-order chi connectivity index (χ0) is 23.1. The van der Waals surface area contributed by atoms with Crippen LogP contribution < -0.4 is 9.47 Å². The summed E-state index contributed by atoms with van der Waals surface area (Å²) in [5.41, 5.74) is -0.519. The van der Waals surface area contributed by atoms with Gasteiger partial charge >= 0.3 is 18.5 Å². The zero-order valence-corrected chi connectivity index (χ0v) is 16.4. The van der Waals surface area contributed by atoms with Crippen LogP contribution in [0.5, 0.6) is 11.5 Å². The lowest BCUT2D eigenvalue weighted by molar-refractivity contribution is -0.274. The monoisotopic (exact) mass is 443 g/mol. The van der Waals surface area contributed by atoms with E-state index in [0.29, 0.717) is 11.3 Å². The first-order valence-electron chi connectivity index (χ1n) is 8.83. The van der Waals surface area contributed by atoms with Gasteiger partial charge in [0, 0.05) is 23.6 Å². The highest BCUT2D eigenvalue weighted by Gasteiger charge is 2.35. The Hall–Kier alpha value is -3.30. The molecule has 0 saturated carbocycles. The maximum atomic E-state index is 13.8. The van der Waals surface area contributed by atoms with E-state index in [4.69, 9.17) is 4.74 Å². The SMILES string of the molecule is CC(=O)Oc1c(C)c(C)nc2cc(C(F)(F)F)c(-c3ccc(OC(F)(F)F)cc3)cc12. The van der Waals surface area contributed by atoms with E-state index in [1.807, 2.05) is 0 Å². The van der Waals surface area contributed by atoms with Crippen LogP contribution in [0.3, 0.4) is 0 Å². The summed E-state index contributed by atoms with van der Waals surface area (Å²) < 4.78 is 87.4. The van der Waals surface area contributed by atoms with E-state index in [9.17, 15) is 31.1 Å². The maximum Gasteiger partial charge on any atom is 0.573 e. The molecular weight excluding hydrogens is 428 g/mol. The van der Waals surface area contributed by atoms with Crippen LogP contribution in [0.25, 0.3) is 22.0 Å². The highest BCUT2D eigenvalue weighted by atomic mass is 19.4. The van der Waals surface area contributed by atoms with Crippen LogP contribution in [-0.2, 0) is 11.0 Å². The molecule has 2 aromatic carbocycles. The molecule has 0 spiro atoms. The summed E-state index contributed by atoms with van der Waals surface area (Å²) in [7, 11) is 0. The molecule has 1 aromatic heterocycles. The van der Waals surface area contributed by atoms with Crippen molar-refractivity contribution in [1.82, 2.24) is 4.98 Å². The van der Waals surface area contributed by atoms with Gasteiger partial charge in [-0.1, -0.05) is 12.1 Å². The quantitative estimate of drug-likeness (QED) is 0.349. The van der Waals surface area contributed by atoms with Crippen molar-refractivity contribution in [1.29, 1.82) is 0 Å². The summed E-state index contributed by atoms with van der Waals surface area (Å²) in [6, 6.07) is 5.98. The topological polar surface area (TPSA) is 48.4 Å². The lowest BCUT2D eigenvalue weighted by Gasteiger charge is -2.18. The van der Waals surface area contributed by atoms with Gasteiger partial charge in [-0.3, -0.25) is 9.78 Å². The van der Waals surface area contributed by atoms with E-state index in [1.54, 1.807) is 13.8 Å². The van der Waals surface area contributed by atoms with Crippen LogP contribution in [0.15, 0.2) is 36.4 Å². The third kappa shape index (κ3) is 4.89. The minimum Gasteiger partial charge on any atom is -0.426 e. The van der Waals surface area contributed by atoms with E-state index in [0.717, 1.165) is 43.3 Å². The molecule has 0 unspecified atom stereocenters. The van der Waals surface area contributed by atoms with E-state index < -0.39 is 29.8 Å². The highest BCUT2D eigenvalue weighted by Crippen LogP contribution is 2.42. The average molecular weight is 443 g/mol. The lowest BCUT2D eigenvalue weighted by atomic mass is 9.95. The number of carbonyl (C=O) groups is 1. The van der Waals surface area contributed by atoms with Crippen LogP contribution in [-0.4, -0.2) is 17.3 Å². The second-order valence-electron chi connectivity index (χ2n) is 6.73. The van der Waals surface area contributed by atoms with Gasteiger partial charge in [-0.15, -0.1) is 13.2 Å². The first-order chi connectivity index (χ1) is 14.3. The number of carbonyl (C=O) groups excluding carboxylic acids is 1. The molecule has 10 heteroatoms. The Bertz CT molecular complexity index is 1150. The van der Waals surface area contributed by atoms with Crippen molar-refractivity contribution in [2.75, 3.05) is 0 Å². The van der Waals surface area contributed by atoms with Gasteiger partial charge in [0.2, 0.25) is 0 Å². The summed E-state index contributed by atoms with van der Waals surface area (Å²) in [6.45, 7) is 4.34. The summed E-state index contributed by atoms with van der Waals surface area (Å²) in [5, 5.41) is 0.164. The summed E-state index contributed by atoms with van der Waals surface area (Å²) >= 11 is 0. The average Bonchev–Trinajstić information content (AvgIpc) is 2.63. The Balaban J connectivity index is 2.26. The minimum atomic E-state index is -4.93. The number of hydrogen-bond donors (Lipinski definition) is 0. The van der Waals surface area contributed by atoms with Crippen LogP contribution >= 0.6 is 0 Å². The van der Waals surface area contributed by atoms with Crippen molar-refractivity contribution in [3.63, 3.8) is 0 Å². The number of fused-ring (bicyclic) bond motifs is 1. The van der Waals surface area contributed by atoms with Crippen molar-refractivity contribution in [3.8, 4) is 22.6 Å². The third-order valence-corrected chi connectivity index (χ3v) is 4.50. The molecule has 0 aliphatic carbocycles. The molecule has 164 valence electrons. The molecule has 3 rings (SSSR count). The van der Waals surface area contributed by atoms with Crippen molar-refractivity contribution in [2.45, 2.75) is 33.3 Å². The smallest absolute Gasteiger partial charge is 0.426 e. The molecule has 0 atom stereocenters. The maximum absolute atomic E-state index is 13.8. The van der Waals surface area contributed by atoms with Gasteiger partial charge in [0.05, 0.1) is 11.1 Å². The minimum absolute atomic E-state index is 0.00393. The van der Waals surface area contributed by atoms with Crippen LogP contribution in [0, 0.1) is 13.8 Å². The number of benzene rings is 2. The van der Waals surface area contributed by atoms with Gasteiger partial charge in [0.25, 0.3) is 0 Å². The highest BCUT2D eigenvalue weighted by molar-refractivity contribution is 5.94. The molecule has 31 heavy (non-hydrogen) atoms. The molecule has 0 radical (unpaired) electrons. The van der Waals surface area contributed by atoms with Gasteiger partial charge in [-0.05, 0) is 49.2 Å². The Kier molecular flexibility index (Phi) is 5.60. The summed E-state index contributed by atoms with van der Waals surface area (Å²) in [6.07, 6.45) is -9.70. The molecule has 0 aliphatic heterocycles. The molecular formula is C21H15F6NO3. The largest absolute Gasteiger partial charge is 0.573 e. The third-order valence-electron chi connectivity index (χ3n) is 4.50. The number of hydrogen-bond acceptors (Lipinski definition) is 4. The summed E-state index contributed by atoms with van der Waals surface area (Å²) in [5.74, 6) is -1.16. The molecule has 0 aliphatic rings. The van der Waals surface area contributed by atoms with E-state index >= 15 is 0 Å². The molecule has 0 fully saturated rings. The van der Waals surface area contributed by atoms with Gasteiger partial charge < -0.3 is 9.47 Å². The molecule has 4 nitrogen and oxygen atoms in total. The van der Waals surface area contributed by atoms with Crippen molar-refractivity contribution in [2.24, 2.45) is 0 Å². The number of rotatable bonds is 3. The number of nitrogens with zero attached hydrogens (tertiary/aromatic N) is 1. The zero-order valence-electron chi connectivity index (χ0n) is 16.4. The number of aromatic nitrogens is 1. The molecule has 0 amide bonds. The Morgan fingerprint density at radius 1 is 0.968 bits per heavy atom. The van der Waals surface area contributed by atoms with Gasteiger partial charge in [-0.2, -0.15) is 13.2 Å². The molecule has 0 N–H and O–H groups in total. The fraction of sp³-hybridized carbons (Fsp3) is 0.238.